The Morgan fingerprint density at radius 3 is 2.56 bits per heavy atom. The molecule has 0 spiro atoms. The standard InChI is InChI=1S/C23H30N6O2S/c1-17-14-18(2)29(26-17)20-7-5-19(6-8-20)16-32-23-25-24-22(27-9-12-30-13-10-27)28(23)15-21-4-3-11-31-21/h5-8,14,21H,3-4,9-13,15-16H2,1-2H3. The lowest BCUT2D eigenvalue weighted by Gasteiger charge is -2.28. The third-order valence-corrected chi connectivity index (χ3v) is 7.00. The van der Waals surface area contributed by atoms with Gasteiger partial charge in [-0.3, -0.25) is 4.57 Å². The fourth-order valence-corrected chi connectivity index (χ4v) is 5.21. The number of benzene rings is 1. The number of aryl methyl sites for hydroxylation is 2. The number of ether oxygens (including phenoxy) is 2. The second-order valence-corrected chi connectivity index (χ2v) is 9.36. The molecule has 2 aromatic heterocycles. The molecule has 0 radical (unpaired) electrons. The summed E-state index contributed by atoms with van der Waals surface area (Å²) in [5, 5.41) is 14.6. The van der Waals surface area contributed by atoms with Crippen LogP contribution in [-0.4, -0.2) is 63.6 Å². The van der Waals surface area contributed by atoms with E-state index in [1.54, 1.807) is 11.8 Å². The molecule has 170 valence electrons. The van der Waals surface area contributed by atoms with Crippen molar-refractivity contribution in [2.75, 3.05) is 37.8 Å². The van der Waals surface area contributed by atoms with Crippen LogP contribution in [-0.2, 0) is 21.8 Å². The second kappa shape index (κ2) is 9.64. The number of hydrogen-bond donors (Lipinski definition) is 0. The van der Waals surface area contributed by atoms with Crippen LogP contribution in [0.2, 0.25) is 0 Å². The van der Waals surface area contributed by atoms with Gasteiger partial charge in [-0.1, -0.05) is 23.9 Å². The molecule has 2 saturated heterocycles. The molecular formula is C23H30N6O2S. The average molecular weight is 455 g/mol. The number of hydrogen-bond acceptors (Lipinski definition) is 7. The molecule has 0 aliphatic carbocycles. The summed E-state index contributed by atoms with van der Waals surface area (Å²) in [5.41, 5.74) is 4.51. The van der Waals surface area contributed by atoms with E-state index in [4.69, 9.17) is 9.47 Å². The van der Waals surface area contributed by atoms with Gasteiger partial charge in [0.05, 0.1) is 37.2 Å². The molecular weight excluding hydrogens is 424 g/mol. The molecule has 9 heteroatoms. The minimum atomic E-state index is 0.241. The Morgan fingerprint density at radius 1 is 1.06 bits per heavy atom. The molecule has 1 unspecified atom stereocenters. The van der Waals surface area contributed by atoms with Crippen LogP contribution in [0.4, 0.5) is 5.95 Å². The Balaban J connectivity index is 1.31. The Bertz CT molecular complexity index is 1040. The van der Waals surface area contributed by atoms with Gasteiger partial charge < -0.3 is 14.4 Å². The van der Waals surface area contributed by atoms with Gasteiger partial charge in [0.2, 0.25) is 5.95 Å². The quantitative estimate of drug-likeness (QED) is 0.507. The van der Waals surface area contributed by atoms with Crippen molar-refractivity contribution in [3.8, 4) is 5.69 Å². The van der Waals surface area contributed by atoms with E-state index >= 15 is 0 Å². The maximum atomic E-state index is 5.92. The lowest BCUT2D eigenvalue weighted by Crippen LogP contribution is -2.38. The second-order valence-electron chi connectivity index (χ2n) is 8.42. The number of rotatable bonds is 7. The third-order valence-electron chi connectivity index (χ3n) is 5.96. The summed E-state index contributed by atoms with van der Waals surface area (Å²) in [4.78, 5) is 2.28. The molecule has 0 saturated carbocycles. The summed E-state index contributed by atoms with van der Waals surface area (Å²) < 4.78 is 15.7. The topological polar surface area (TPSA) is 70.2 Å². The first-order valence-corrected chi connectivity index (χ1v) is 12.3. The van der Waals surface area contributed by atoms with Crippen LogP contribution in [0, 0.1) is 13.8 Å². The van der Waals surface area contributed by atoms with E-state index in [0.29, 0.717) is 0 Å². The van der Waals surface area contributed by atoms with Gasteiger partial charge in [0.15, 0.2) is 5.16 Å². The molecule has 8 nitrogen and oxygen atoms in total. The van der Waals surface area contributed by atoms with Crippen LogP contribution >= 0.6 is 11.8 Å². The molecule has 2 fully saturated rings. The van der Waals surface area contributed by atoms with Crippen LogP contribution in [0.3, 0.4) is 0 Å². The maximum Gasteiger partial charge on any atom is 0.228 e. The molecule has 4 heterocycles. The minimum absolute atomic E-state index is 0.241. The van der Waals surface area contributed by atoms with E-state index in [-0.39, 0.29) is 6.10 Å². The Labute approximate surface area is 192 Å². The van der Waals surface area contributed by atoms with Gasteiger partial charge in [-0.15, -0.1) is 10.2 Å². The molecule has 5 rings (SSSR count). The highest BCUT2D eigenvalue weighted by molar-refractivity contribution is 7.98. The normalized spacial score (nSPS) is 19.1. The van der Waals surface area contributed by atoms with E-state index in [1.807, 2.05) is 11.6 Å². The van der Waals surface area contributed by atoms with Crippen LogP contribution in [0.15, 0.2) is 35.5 Å². The van der Waals surface area contributed by atoms with E-state index < -0.39 is 0 Å². The van der Waals surface area contributed by atoms with Crippen LogP contribution in [0.1, 0.15) is 29.8 Å². The van der Waals surface area contributed by atoms with Crippen molar-refractivity contribution in [3.05, 3.63) is 47.3 Å². The van der Waals surface area contributed by atoms with Crippen molar-refractivity contribution >= 4 is 17.7 Å². The number of morpholine rings is 1. The van der Waals surface area contributed by atoms with Gasteiger partial charge >= 0.3 is 0 Å². The SMILES string of the molecule is Cc1cc(C)n(-c2ccc(CSc3nnc(N4CCOCC4)n3CC3CCCO3)cc2)n1. The fourth-order valence-electron chi connectivity index (χ4n) is 4.31. The lowest BCUT2D eigenvalue weighted by molar-refractivity contribution is 0.0942. The molecule has 0 N–H and O–H groups in total. The van der Waals surface area contributed by atoms with Crippen LogP contribution in [0.25, 0.3) is 5.69 Å². The van der Waals surface area contributed by atoms with Crippen LogP contribution < -0.4 is 4.90 Å². The summed E-state index contributed by atoms with van der Waals surface area (Å²) >= 11 is 1.73. The van der Waals surface area contributed by atoms with Crippen molar-refractivity contribution in [2.24, 2.45) is 0 Å². The molecule has 2 aliphatic heterocycles. The highest BCUT2D eigenvalue weighted by Crippen LogP contribution is 2.28. The number of anilines is 1. The summed E-state index contributed by atoms with van der Waals surface area (Å²) in [6.07, 6.45) is 2.47. The van der Waals surface area contributed by atoms with Gasteiger partial charge in [-0.05, 0) is 50.5 Å². The van der Waals surface area contributed by atoms with Crippen molar-refractivity contribution in [1.82, 2.24) is 24.5 Å². The summed E-state index contributed by atoms with van der Waals surface area (Å²) in [5.74, 6) is 1.77. The highest BCUT2D eigenvalue weighted by Gasteiger charge is 2.24. The first-order chi connectivity index (χ1) is 15.7. The number of aromatic nitrogens is 5. The van der Waals surface area contributed by atoms with Gasteiger partial charge in [-0.2, -0.15) is 5.10 Å². The molecule has 1 atom stereocenters. The average Bonchev–Trinajstić information content (AvgIpc) is 3.54. The maximum absolute atomic E-state index is 5.92. The van der Waals surface area contributed by atoms with Gasteiger partial charge in [0.25, 0.3) is 0 Å². The summed E-state index contributed by atoms with van der Waals surface area (Å²) in [6.45, 7) is 8.92. The minimum Gasteiger partial charge on any atom is -0.378 e. The van der Waals surface area contributed by atoms with Gasteiger partial charge in [-0.25, -0.2) is 4.68 Å². The lowest BCUT2D eigenvalue weighted by atomic mass is 10.2. The third kappa shape index (κ3) is 4.69. The van der Waals surface area contributed by atoms with E-state index in [2.05, 4.69) is 62.0 Å². The summed E-state index contributed by atoms with van der Waals surface area (Å²) in [6, 6.07) is 10.7. The molecule has 32 heavy (non-hydrogen) atoms. The predicted octanol–water partition coefficient (Wildman–Crippen LogP) is 3.39. The Hall–Kier alpha value is -2.36. The number of nitrogens with zero attached hydrogens (tertiary/aromatic N) is 6. The van der Waals surface area contributed by atoms with E-state index in [0.717, 1.165) is 86.2 Å². The summed E-state index contributed by atoms with van der Waals surface area (Å²) in [7, 11) is 0. The number of thioether (sulfide) groups is 1. The smallest absolute Gasteiger partial charge is 0.228 e. The highest BCUT2D eigenvalue weighted by atomic mass is 32.2. The first kappa shape index (κ1) is 21.5. The fraction of sp³-hybridized carbons (Fsp3) is 0.522. The van der Waals surface area contributed by atoms with Crippen LogP contribution in [0.5, 0.6) is 0 Å². The van der Waals surface area contributed by atoms with Gasteiger partial charge in [0.1, 0.15) is 0 Å². The predicted molar refractivity (Wildman–Crippen MR) is 125 cm³/mol. The van der Waals surface area contributed by atoms with Crippen molar-refractivity contribution in [1.29, 1.82) is 0 Å². The monoisotopic (exact) mass is 454 g/mol. The molecule has 0 amide bonds. The van der Waals surface area contributed by atoms with Crippen molar-refractivity contribution in [3.63, 3.8) is 0 Å². The van der Waals surface area contributed by atoms with Gasteiger partial charge in [0, 0.05) is 31.1 Å². The zero-order valence-electron chi connectivity index (χ0n) is 18.7. The Morgan fingerprint density at radius 2 is 1.88 bits per heavy atom. The first-order valence-electron chi connectivity index (χ1n) is 11.3. The zero-order valence-corrected chi connectivity index (χ0v) is 19.6. The molecule has 0 bridgehead atoms. The zero-order chi connectivity index (χ0) is 21.9. The van der Waals surface area contributed by atoms with E-state index in [1.165, 1.54) is 5.56 Å². The largest absolute Gasteiger partial charge is 0.378 e. The van der Waals surface area contributed by atoms with Crippen molar-refractivity contribution < 1.29 is 9.47 Å². The van der Waals surface area contributed by atoms with E-state index in [9.17, 15) is 0 Å². The Kier molecular flexibility index (Phi) is 6.47. The van der Waals surface area contributed by atoms with Crippen molar-refractivity contribution in [2.45, 2.75) is 50.2 Å². The molecule has 2 aliphatic rings. The molecule has 1 aromatic carbocycles. The molecule has 3 aromatic rings.